The standard InChI is InChI=1S/C21H26N2O3/c1-16-6-4-5-7-20(16)26-17(2)21(24)23-14-12-22(13-15-23)18-8-10-19(25-3)11-9-18/h4-11,17H,12-15H2,1-3H3. The average Bonchev–Trinajstić information content (AvgIpc) is 2.69. The molecule has 138 valence electrons. The van der Waals surface area contributed by atoms with Crippen molar-refractivity contribution in [3.8, 4) is 11.5 Å². The van der Waals surface area contributed by atoms with Gasteiger partial charge in [-0.1, -0.05) is 18.2 Å². The van der Waals surface area contributed by atoms with E-state index in [-0.39, 0.29) is 5.91 Å². The smallest absolute Gasteiger partial charge is 0.263 e. The third kappa shape index (κ3) is 4.10. The number of methoxy groups -OCH3 is 1. The van der Waals surface area contributed by atoms with Gasteiger partial charge < -0.3 is 19.3 Å². The van der Waals surface area contributed by atoms with Crippen LogP contribution in [0.15, 0.2) is 48.5 Å². The molecule has 1 aliphatic rings. The third-order valence-electron chi connectivity index (χ3n) is 4.77. The Labute approximate surface area is 155 Å². The lowest BCUT2D eigenvalue weighted by Gasteiger charge is -2.37. The van der Waals surface area contributed by atoms with Crippen molar-refractivity contribution in [2.75, 3.05) is 38.2 Å². The van der Waals surface area contributed by atoms with Crippen LogP contribution in [0, 0.1) is 6.92 Å². The minimum atomic E-state index is -0.483. The first-order valence-electron chi connectivity index (χ1n) is 8.98. The summed E-state index contributed by atoms with van der Waals surface area (Å²) in [5.74, 6) is 1.66. The fraction of sp³-hybridized carbons (Fsp3) is 0.381. The number of hydrogen-bond donors (Lipinski definition) is 0. The van der Waals surface area contributed by atoms with Gasteiger partial charge in [0.2, 0.25) is 0 Å². The van der Waals surface area contributed by atoms with Crippen LogP contribution in [0.4, 0.5) is 5.69 Å². The number of amides is 1. The molecule has 3 rings (SSSR count). The molecule has 26 heavy (non-hydrogen) atoms. The minimum absolute atomic E-state index is 0.0441. The third-order valence-corrected chi connectivity index (χ3v) is 4.77. The van der Waals surface area contributed by atoms with Gasteiger partial charge >= 0.3 is 0 Å². The number of benzene rings is 2. The zero-order valence-electron chi connectivity index (χ0n) is 15.6. The van der Waals surface area contributed by atoms with E-state index < -0.39 is 6.10 Å². The SMILES string of the molecule is COc1ccc(N2CCN(C(=O)C(C)Oc3ccccc3C)CC2)cc1. The maximum Gasteiger partial charge on any atom is 0.263 e. The Morgan fingerprint density at radius 2 is 1.65 bits per heavy atom. The zero-order chi connectivity index (χ0) is 18.5. The molecule has 1 unspecified atom stereocenters. The Hall–Kier alpha value is -2.69. The van der Waals surface area contributed by atoms with Crippen molar-refractivity contribution in [2.45, 2.75) is 20.0 Å². The molecule has 0 N–H and O–H groups in total. The van der Waals surface area contributed by atoms with Crippen LogP contribution in [0.2, 0.25) is 0 Å². The number of nitrogens with zero attached hydrogens (tertiary/aromatic N) is 2. The van der Waals surface area contributed by atoms with Crippen LogP contribution < -0.4 is 14.4 Å². The summed E-state index contributed by atoms with van der Waals surface area (Å²) in [7, 11) is 1.67. The first-order valence-corrected chi connectivity index (χ1v) is 8.98. The normalized spacial score (nSPS) is 15.5. The Balaban J connectivity index is 1.55. The topological polar surface area (TPSA) is 42.0 Å². The molecule has 0 bridgehead atoms. The van der Waals surface area contributed by atoms with Crippen molar-refractivity contribution < 1.29 is 14.3 Å². The van der Waals surface area contributed by atoms with Crippen LogP contribution in [0.3, 0.4) is 0 Å². The number of carbonyl (C=O) groups excluding carboxylic acids is 1. The van der Waals surface area contributed by atoms with Gasteiger partial charge in [-0.2, -0.15) is 0 Å². The maximum absolute atomic E-state index is 12.7. The summed E-state index contributed by atoms with van der Waals surface area (Å²) in [6.45, 7) is 6.84. The highest BCUT2D eigenvalue weighted by Gasteiger charge is 2.26. The quantitative estimate of drug-likeness (QED) is 0.827. The second-order valence-corrected chi connectivity index (χ2v) is 6.54. The van der Waals surface area contributed by atoms with E-state index in [1.165, 1.54) is 0 Å². The van der Waals surface area contributed by atoms with Gasteiger partial charge in [0.1, 0.15) is 11.5 Å². The average molecular weight is 354 g/mol. The summed E-state index contributed by atoms with van der Waals surface area (Å²) in [5.41, 5.74) is 2.19. The minimum Gasteiger partial charge on any atom is -0.497 e. The molecule has 1 heterocycles. The van der Waals surface area contributed by atoms with Gasteiger partial charge in [-0.3, -0.25) is 4.79 Å². The summed E-state index contributed by atoms with van der Waals surface area (Å²) in [5, 5.41) is 0. The molecule has 0 aromatic heterocycles. The monoisotopic (exact) mass is 354 g/mol. The summed E-state index contributed by atoms with van der Waals surface area (Å²) in [4.78, 5) is 16.9. The van der Waals surface area contributed by atoms with E-state index in [4.69, 9.17) is 9.47 Å². The molecule has 1 atom stereocenters. The van der Waals surface area contributed by atoms with Crippen molar-refractivity contribution in [1.82, 2.24) is 4.90 Å². The van der Waals surface area contributed by atoms with Crippen molar-refractivity contribution >= 4 is 11.6 Å². The Morgan fingerprint density at radius 1 is 1.00 bits per heavy atom. The maximum atomic E-state index is 12.7. The van der Waals surface area contributed by atoms with Gasteiger partial charge in [0, 0.05) is 31.9 Å². The Bertz CT molecular complexity index is 737. The number of para-hydroxylation sites is 1. The summed E-state index contributed by atoms with van der Waals surface area (Å²) >= 11 is 0. The lowest BCUT2D eigenvalue weighted by atomic mass is 10.2. The van der Waals surface area contributed by atoms with Crippen molar-refractivity contribution in [3.05, 3.63) is 54.1 Å². The number of rotatable bonds is 5. The van der Waals surface area contributed by atoms with Crippen LogP contribution in [0.1, 0.15) is 12.5 Å². The van der Waals surface area contributed by atoms with Crippen LogP contribution in [-0.4, -0.2) is 50.2 Å². The van der Waals surface area contributed by atoms with Gasteiger partial charge in [0.25, 0.3) is 5.91 Å². The first kappa shape index (κ1) is 18.1. The number of carbonyl (C=O) groups is 1. The predicted molar refractivity (Wildman–Crippen MR) is 103 cm³/mol. The molecule has 0 saturated carbocycles. The van der Waals surface area contributed by atoms with E-state index >= 15 is 0 Å². The van der Waals surface area contributed by atoms with Gasteiger partial charge in [0.15, 0.2) is 6.10 Å². The lowest BCUT2D eigenvalue weighted by Crippen LogP contribution is -2.52. The Kier molecular flexibility index (Phi) is 5.66. The molecule has 1 amide bonds. The van der Waals surface area contributed by atoms with Crippen molar-refractivity contribution in [1.29, 1.82) is 0 Å². The fourth-order valence-electron chi connectivity index (χ4n) is 3.16. The molecule has 5 nitrogen and oxygen atoms in total. The highest BCUT2D eigenvalue weighted by Crippen LogP contribution is 2.22. The highest BCUT2D eigenvalue weighted by atomic mass is 16.5. The van der Waals surface area contributed by atoms with Gasteiger partial charge in [-0.15, -0.1) is 0 Å². The molecule has 0 radical (unpaired) electrons. The molecule has 1 saturated heterocycles. The number of ether oxygens (including phenoxy) is 2. The van der Waals surface area contributed by atoms with Crippen LogP contribution in [-0.2, 0) is 4.79 Å². The molecule has 1 aliphatic heterocycles. The number of anilines is 1. The number of hydrogen-bond acceptors (Lipinski definition) is 4. The second-order valence-electron chi connectivity index (χ2n) is 6.54. The summed E-state index contributed by atoms with van der Waals surface area (Å²) in [6.07, 6.45) is -0.483. The molecule has 5 heteroatoms. The van der Waals surface area contributed by atoms with Gasteiger partial charge in [-0.05, 0) is 49.7 Å². The lowest BCUT2D eigenvalue weighted by molar-refractivity contribution is -0.138. The van der Waals surface area contributed by atoms with E-state index in [0.717, 1.165) is 35.8 Å². The molecular weight excluding hydrogens is 328 g/mol. The summed E-state index contributed by atoms with van der Waals surface area (Å²) in [6, 6.07) is 15.8. The van der Waals surface area contributed by atoms with Gasteiger partial charge in [-0.25, -0.2) is 0 Å². The van der Waals surface area contributed by atoms with Gasteiger partial charge in [0.05, 0.1) is 7.11 Å². The van der Waals surface area contributed by atoms with E-state index in [9.17, 15) is 4.79 Å². The fourth-order valence-corrected chi connectivity index (χ4v) is 3.16. The molecule has 1 fully saturated rings. The van der Waals surface area contributed by atoms with Crippen LogP contribution in [0.5, 0.6) is 11.5 Å². The first-order chi connectivity index (χ1) is 12.6. The van der Waals surface area contributed by atoms with Crippen molar-refractivity contribution in [2.24, 2.45) is 0 Å². The van der Waals surface area contributed by atoms with E-state index in [1.54, 1.807) is 7.11 Å². The zero-order valence-corrected chi connectivity index (χ0v) is 15.6. The molecule has 0 aliphatic carbocycles. The van der Waals surface area contributed by atoms with Crippen LogP contribution in [0.25, 0.3) is 0 Å². The molecular formula is C21H26N2O3. The number of piperazine rings is 1. The highest BCUT2D eigenvalue weighted by molar-refractivity contribution is 5.81. The van der Waals surface area contributed by atoms with Crippen molar-refractivity contribution in [3.63, 3.8) is 0 Å². The summed E-state index contributed by atoms with van der Waals surface area (Å²) < 4.78 is 11.1. The number of aryl methyl sites for hydroxylation is 1. The second kappa shape index (κ2) is 8.13. The predicted octanol–water partition coefficient (Wildman–Crippen LogP) is 3.12. The molecule has 2 aromatic carbocycles. The molecule has 2 aromatic rings. The van der Waals surface area contributed by atoms with E-state index in [2.05, 4.69) is 17.0 Å². The van der Waals surface area contributed by atoms with Crippen LogP contribution >= 0.6 is 0 Å². The molecule has 0 spiro atoms. The van der Waals surface area contributed by atoms with E-state index in [1.807, 2.05) is 55.1 Å². The largest absolute Gasteiger partial charge is 0.497 e. The Morgan fingerprint density at radius 3 is 2.27 bits per heavy atom. The van der Waals surface area contributed by atoms with E-state index in [0.29, 0.717) is 13.1 Å².